The molecule has 0 bridgehead atoms. The number of hydrogen-bond acceptors (Lipinski definition) is 4. The quantitative estimate of drug-likeness (QED) is 0.565. The van der Waals surface area contributed by atoms with Crippen LogP contribution in [0.25, 0.3) is 27.9 Å². The summed E-state index contributed by atoms with van der Waals surface area (Å²) in [6.07, 6.45) is 0. The number of nitrogens with zero attached hydrogens (tertiary/aromatic N) is 4. The molecule has 4 rings (SSSR count). The van der Waals surface area contributed by atoms with Gasteiger partial charge in [-0.1, -0.05) is 30.3 Å². The van der Waals surface area contributed by atoms with Crippen LogP contribution in [0.2, 0.25) is 0 Å². The smallest absolute Gasteiger partial charge is 0.178 e. The van der Waals surface area contributed by atoms with Crippen molar-refractivity contribution in [1.82, 2.24) is 19.8 Å². The van der Waals surface area contributed by atoms with Crippen LogP contribution in [0.15, 0.2) is 54.6 Å². The molecule has 0 atom stereocenters. The van der Waals surface area contributed by atoms with Crippen LogP contribution in [0.1, 0.15) is 0 Å². The molecule has 5 heteroatoms. The summed E-state index contributed by atoms with van der Waals surface area (Å²) in [6, 6.07) is 17.6. The van der Waals surface area contributed by atoms with Crippen molar-refractivity contribution in [3.63, 3.8) is 0 Å². The Bertz CT molecular complexity index is 931. The molecule has 0 spiro atoms. The van der Waals surface area contributed by atoms with Gasteiger partial charge in [-0.2, -0.15) is 5.10 Å². The standard InChI is InChI=1S/C16H12N4O/c1-21-12-7-8-13-15(9-12)20-16(18-17-13)10-14(19-20)11-5-3-2-4-6-11/h2-10H,1H3. The molecule has 2 heterocycles. The number of ether oxygens (including phenoxy) is 1. The number of methoxy groups -OCH3 is 1. The number of benzene rings is 2. The van der Waals surface area contributed by atoms with E-state index < -0.39 is 0 Å². The monoisotopic (exact) mass is 276 g/mol. The van der Waals surface area contributed by atoms with Gasteiger partial charge in [0.15, 0.2) is 5.65 Å². The van der Waals surface area contributed by atoms with Gasteiger partial charge < -0.3 is 4.74 Å². The molecule has 0 unspecified atom stereocenters. The highest BCUT2D eigenvalue weighted by Crippen LogP contribution is 2.23. The van der Waals surface area contributed by atoms with Crippen molar-refractivity contribution >= 4 is 16.7 Å². The van der Waals surface area contributed by atoms with Crippen molar-refractivity contribution in [2.75, 3.05) is 7.11 Å². The van der Waals surface area contributed by atoms with Crippen molar-refractivity contribution in [3.05, 3.63) is 54.6 Å². The largest absolute Gasteiger partial charge is 0.497 e. The molecule has 0 amide bonds. The predicted molar refractivity (Wildman–Crippen MR) is 80.3 cm³/mol. The molecule has 0 aliphatic rings. The molecule has 5 nitrogen and oxygen atoms in total. The van der Waals surface area contributed by atoms with E-state index in [9.17, 15) is 0 Å². The van der Waals surface area contributed by atoms with Crippen molar-refractivity contribution in [2.24, 2.45) is 0 Å². The van der Waals surface area contributed by atoms with Gasteiger partial charge in [0.2, 0.25) is 0 Å². The molecule has 4 aromatic rings. The molecule has 0 saturated carbocycles. The fraction of sp³-hybridized carbons (Fsp3) is 0.0625. The highest BCUT2D eigenvalue weighted by atomic mass is 16.5. The van der Waals surface area contributed by atoms with E-state index in [2.05, 4.69) is 15.3 Å². The fourth-order valence-electron chi connectivity index (χ4n) is 2.36. The highest BCUT2D eigenvalue weighted by Gasteiger charge is 2.09. The van der Waals surface area contributed by atoms with E-state index in [4.69, 9.17) is 4.74 Å². The summed E-state index contributed by atoms with van der Waals surface area (Å²) in [4.78, 5) is 0. The second-order valence-electron chi connectivity index (χ2n) is 4.72. The van der Waals surface area contributed by atoms with Gasteiger partial charge in [0, 0.05) is 17.7 Å². The molecule has 2 aromatic carbocycles. The van der Waals surface area contributed by atoms with Gasteiger partial charge in [0.25, 0.3) is 0 Å². The topological polar surface area (TPSA) is 52.3 Å². The second kappa shape index (κ2) is 4.56. The van der Waals surface area contributed by atoms with Crippen LogP contribution < -0.4 is 4.74 Å². The van der Waals surface area contributed by atoms with E-state index in [0.29, 0.717) is 0 Å². The van der Waals surface area contributed by atoms with Crippen LogP contribution in [0.5, 0.6) is 5.75 Å². The average Bonchev–Trinajstić information content (AvgIpc) is 3.00. The predicted octanol–water partition coefficient (Wildman–Crippen LogP) is 2.95. The van der Waals surface area contributed by atoms with Crippen LogP contribution in [0, 0.1) is 0 Å². The second-order valence-corrected chi connectivity index (χ2v) is 4.72. The maximum absolute atomic E-state index is 5.27. The summed E-state index contributed by atoms with van der Waals surface area (Å²) in [5.74, 6) is 0.772. The Morgan fingerprint density at radius 3 is 2.62 bits per heavy atom. The molecular formula is C16H12N4O. The van der Waals surface area contributed by atoms with Crippen LogP contribution in [0.4, 0.5) is 0 Å². The summed E-state index contributed by atoms with van der Waals surface area (Å²) < 4.78 is 7.07. The third-order valence-corrected chi connectivity index (χ3v) is 3.43. The van der Waals surface area contributed by atoms with Crippen molar-refractivity contribution in [1.29, 1.82) is 0 Å². The zero-order valence-electron chi connectivity index (χ0n) is 11.4. The Labute approximate surface area is 120 Å². The van der Waals surface area contributed by atoms with Gasteiger partial charge in [-0.05, 0) is 12.1 Å². The van der Waals surface area contributed by atoms with E-state index in [-0.39, 0.29) is 0 Å². The zero-order valence-corrected chi connectivity index (χ0v) is 11.4. The van der Waals surface area contributed by atoms with Gasteiger partial charge >= 0.3 is 0 Å². The Morgan fingerprint density at radius 2 is 1.81 bits per heavy atom. The van der Waals surface area contributed by atoms with Gasteiger partial charge in [-0.25, -0.2) is 4.52 Å². The first kappa shape index (κ1) is 11.8. The molecular weight excluding hydrogens is 264 g/mol. The first-order chi connectivity index (χ1) is 10.3. The Morgan fingerprint density at radius 1 is 0.952 bits per heavy atom. The van der Waals surface area contributed by atoms with E-state index in [1.165, 1.54) is 0 Å². The molecule has 0 fully saturated rings. The minimum atomic E-state index is 0.717. The Kier molecular flexibility index (Phi) is 2.57. The summed E-state index contributed by atoms with van der Waals surface area (Å²) >= 11 is 0. The first-order valence-electron chi connectivity index (χ1n) is 6.61. The summed E-state index contributed by atoms with van der Waals surface area (Å²) in [5.41, 5.74) is 4.31. The molecule has 0 radical (unpaired) electrons. The molecule has 102 valence electrons. The van der Waals surface area contributed by atoms with Crippen molar-refractivity contribution < 1.29 is 4.74 Å². The maximum Gasteiger partial charge on any atom is 0.178 e. The maximum atomic E-state index is 5.27. The number of fused-ring (bicyclic) bond motifs is 3. The molecule has 0 aliphatic carbocycles. The normalized spacial score (nSPS) is 11.1. The molecule has 21 heavy (non-hydrogen) atoms. The first-order valence-corrected chi connectivity index (χ1v) is 6.61. The van der Waals surface area contributed by atoms with E-state index in [1.807, 2.05) is 54.6 Å². The molecule has 0 saturated heterocycles. The van der Waals surface area contributed by atoms with E-state index in [0.717, 1.165) is 33.7 Å². The summed E-state index contributed by atoms with van der Waals surface area (Å²) in [6.45, 7) is 0. The minimum Gasteiger partial charge on any atom is -0.497 e. The molecule has 0 N–H and O–H groups in total. The third kappa shape index (κ3) is 1.90. The van der Waals surface area contributed by atoms with E-state index in [1.54, 1.807) is 11.6 Å². The van der Waals surface area contributed by atoms with Crippen LogP contribution >= 0.6 is 0 Å². The minimum absolute atomic E-state index is 0.717. The van der Waals surface area contributed by atoms with Crippen LogP contribution in [-0.2, 0) is 0 Å². The average molecular weight is 276 g/mol. The lowest BCUT2D eigenvalue weighted by Gasteiger charge is -2.02. The van der Waals surface area contributed by atoms with Gasteiger partial charge in [-0.15, -0.1) is 10.2 Å². The van der Waals surface area contributed by atoms with Crippen LogP contribution in [-0.4, -0.2) is 26.9 Å². The van der Waals surface area contributed by atoms with Gasteiger partial charge in [0.1, 0.15) is 11.3 Å². The number of aromatic nitrogens is 4. The van der Waals surface area contributed by atoms with Crippen molar-refractivity contribution in [2.45, 2.75) is 0 Å². The van der Waals surface area contributed by atoms with Crippen LogP contribution in [0.3, 0.4) is 0 Å². The summed E-state index contributed by atoms with van der Waals surface area (Å²) in [5, 5.41) is 13.1. The Balaban J connectivity index is 2.00. The Hall–Kier alpha value is -2.95. The number of rotatable bonds is 2. The SMILES string of the molecule is COc1ccc2nnc3cc(-c4ccccc4)nn3c2c1. The van der Waals surface area contributed by atoms with Gasteiger partial charge in [0.05, 0.1) is 18.3 Å². The lowest BCUT2D eigenvalue weighted by atomic mass is 10.2. The van der Waals surface area contributed by atoms with E-state index >= 15 is 0 Å². The molecule has 0 aliphatic heterocycles. The van der Waals surface area contributed by atoms with Gasteiger partial charge in [-0.3, -0.25) is 0 Å². The number of hydrogen-bond donors (Lipinski definition) is 0. The highest BCUT2D eigenvalue weighted by molar-refractivity contribution is 5.79. The summed E-state index contributed by atoms with van der Waals surface area (Å²) in [7, 11) is 1.64. The third-order valence-electron chi connectivity index (χ3n) is 3.43. The lowest BCUT2D eigenvalue weighted by Crippen LogP contribution is -1.96. The zero-order chi connectivity index (χ0) is 14.2. The lowest BCUT2D eigenvalue weighted by molar-refractivity contribution is 0.415. The fourth-order valence-corrected chi connectivity index (χ4v) is 2.36. The molecule has 2 aromatic heterocycles. The van der Waals surface area contributed by atoms with Crippen molar-refractivity contribution in [3.8, 4) is 17.0 Å².